The number of hydrogen-bond donors (Lipinski definition) is 1. The number of piperidine rings is 1. The van der Waals surface area contributed by atoms with Crippen LogP contribution in [-0.4, -0.2) is 54.9 Å². The molecule has 0 amide bonds. The first-order valence-corrected chi connectivity index (χ1v) is 7.64. The summed E-state index contributed by atoms with van der Waals surface area (Å²) in [5.41, 5.74) is 0. The van der Waals surface area contributed by atoms with Crippen molar-refractivity contribution in [1.82, 2.24) is 20.4 Å². The number of rotatable bonds is 4. The van der Waals surface area contributed by atoms with Crippen LogP contribution in [0.3, 0.4) is 0 Å². The van der Waals surface area contributed by atoms with E-state index in [0.717, 1.165) is 57.4 Å². The van der Waals surface area contributed by atoms with Crippen LogP contribution in [0.15, 0.2) is 4.52 Å². The van der Waals surface area contributed by atoms with Gasteiger partial charge in [-0.3, -0.25) is 0 Å². The molecular formula is C14H24N4O2. The summed E-state index contributed by atoms with van der Waals surface area (Å²) < 4.78 is 11.1. The van der Waals surface area contributed by atoms with Gasteiger partial charge in [-0.25, -0.2) is 0 Å². The minimum absolute atomic E-state index is 0.0369. The Morgan fingerprint density at radius 3 is 3.00 bits per heavy atom. The molecule has 0 aliphatic carbocycles. The van der Waals surface area contributed by atoms with E-state index < -0.39 is 0 Å². The van der Waals surface area contributed by atoms with Gasteiger partial charge in [0.1, 0.15) is 6.10 Å². The molecule has 2 aliphatic rings. The maximum Gasteiger partial charge on any atom is 0.226 e. The first-order valence-electron chi connectivity index (χ1n) is 7.64. The van der Waals surface area contributed by atoms with Gasteiger partial charge >= 0.3 is 0 Å². The van der Waals surface area contributed by atoms with E-state index >= 15 is 0 Å². The van der Waals surface area contributed by atoms with Gasteiger partial charge in [-0.05, 0) is 45.3 Å². The zero-order valence-electron chi connectivity index (χ0n) is 12.2. The van der Waals surface area contributed by atoms with Gasteiger partial charge in [0.05, 0.1) is 6.61 Å². The third-order valence-electron chi connectivity index (χ3n) is 4.27. The summed E-state index contributed by atoms with van der Waals surface area (Å²) >= 11 is 0. The van der Waals surface area contributed by atoms with Crippen LogP contribution in [0.4, 0.5) is 0 Å². The molecule has 1 aromatic rings. The van der Waals surface area contributed by atoms with Crippen molar-refractivity contribution < 1.29 is 9.26 Å². The van der Waals surface area contributed by atoms with Crippen LogP contribution in [0.2, 0.25) is 0 Å². The second kappa shape index (κ2) is 6.65. The first-order chi connectivity index (χ1) is 9.81. The number of hydrogen-bond acceptors (Lipinski definition) is 6. The third kappa shape index (κ3) is 3.56. The first kappa shape index (κ1) is 14.0. The van der Waals surface area contributed by atoms with Crippen LogP contribution < -0.4 is 5.32 Å². The lowest BCUT2D eigenvalue weighted by atomic mass is 9.93. The van der Waals surface area contributed by atoms with Crippen molar-refractivity contribution in [3.05, 3.63) is 11.7 Å². The SMILES string of the molecule is CN1CCOC(c2noc(CCC3CCNCC3)n2)C1. The normalized spacial score (nSPS) is 25.9. The van der Waals surface area contributed by atoms with Crippen LogP contribution in [0.5, 0.6) is 0 Å². The minimum atomic E-state index is -0.0369. The van der Waals surface area contributed by atoms with Gasteiger partial charge in [0, 0.05) is 19.5 Å². The summed E-state index contributed by atoms with van der Waals surface area (Å²) in [7, 11) is 2.09. The lowest BCUT2D eigenvalue weighted by Gasteiger charge is -2.27. The largest absolute Gasteiger partial charge is 0.367 e. The number of nitrogens with one attached hydrogen (secondary N) is 1. The van der Waals surface area contributed by atoms with Gasteiger partial charge in [0.15, 0.2) is 0 Å². The molecule has 1 aromatic heterocycles. The van der Waals surface area contributed by atoms with Crippen LogP contribution in [-0.2, 0) is 11.2 Å². The number of aromatic nitrogens is 2. The molecule has 0 bridgehead atoms. The maximum atomic E-state index is 5.71. The van der Waals surface area contributed by atoms with Crippen LogP contribution in [0.25, 0.3) is 0 Å². The Bertz CT molecular complexity index is 417. The summed E-state index contributed by atoms with van der Waals surface area (Å²) in [6, 6.07) is 0. The quantitative estimate of drug-likeness (QED) is 0.888. The fourth-order valence-electron chi connectivity index (χ4n) is 2.93. The standard InChI is InChI=1S/C14H24N4O2/c1-18-8-9-19-12(10-18)14-16-13(20-17-14)3-2-11-4-6-15-7-5-11/h11-12,15H,2-10H2,1H3. The third-order valence-corrected chi connectivity index (χ3v) is 4.27. The van der Waals surface area contributed by atoms with Crippen molar-refractivity contribution in [3.8, 4) is 0 Å². The molecule has 20 heavy (non-hydrogen) atoms. The molecule has 6 heteroatoms. The number of nitrogens with zero attached hydrogens (tertiary/aromatic N) is 3. The zero-order valence-corrected chi connectivity index (χ0v) is 12.2. The summed E-state index contributed by atoms with van der Waals surface area (Å²) in [5, 5.41) is 7.48. The summed E-state index contributed by atoms with van der Waals surface area (Å²) in [6.07, 6.45) is 4.52. The lowest BCUT2D eigenvalue weighted by Crippen LogP contribution is -2.35. The van der Waals surface area contributed by atoms with Crippen molar-refractivity contribution in [3.63, 3.8) is 0 Å². The molecule has 3 heterocycles. The second-order valence-corrected chi connectivity index (χ2v) is 5.90. The van der Waals surface area contributed by atoms with Crippen molar-refractivity contribution in [1.29, 1.82) is 0 Å². The Morgan fingerprint density at radius 2 is 2.20 bits per heavy atom. The fourth-order valence-corrected chi connectivity index (χ4v) is 2.93. The predicted molar refractivity (Wildman–Crippen MR) is 74.4 cm³/mol. The zero-order chi connectivity index (χ0) is 13.8. The molecule has 2 fully saturated rings. The highest BCUT2D eigenvalue weighted by Crippen LogP contribution is 2.21. The van der Waals surface area contributed by atoms with E-state index in [2.05, 4.69) is 27.4 Å². The second-order valence-electron chi connectivity index (χ2n) is 5.90. The van der Waals surface area contributed by atoms with Gasteiger partial charge in [0.25, 0.3) is 0 Å². The molecular weight excluding hydrogens is 256 g/mol. The van der Waals surface area contributed by atoms with E-state index in [-0.39, 0.29) is 6.10 Å². The van der Waals surface area contributed by atoms with Gasteiger partial charge in [-0.2, -0.15) is 4.98 Å². The van der Waals surface area contributed by atoms with E-state index in [1.165, 1.54) is 12.8 Å². The average molecular weight is 280 g/mol. The van der Waals surface area contributed by atoms with Crippen LogP contribution in [0, 0.1) is 5.92 Å². The Hall–Kier alpha value is -0.980. The van der Waals surface area contributed by atoms with E-state index in [4.69, 9.17) is 9.26 Å². The Balaban J connectivity index is 1.51. The fraction of sp³-hybridized carbons (Fsp3) is 0.857. The lowest BCUT2D eigenvalue weighted by molar-refractivity contribution is -0.0264. The van der Waals surface area contributed by atoms with Gasteiger partial charge in [0.2, 0.25) is 11.7 Å². The highest BCUT2D eigenvalue weighted by atomic mass is 16.5. The molecule has 0 radical (unpaired) electrons. The molecule has 1 unspecified atom stereocenters. The van der Waals surface area contributed by atoms with Crippen molar-refractivity contribution in [2.75, 3.05) is 39.8 Å². The minimum Gasteiger partial charge on any atom is -0.367 e. The Morgan fingerprint density at radius 1 is 1.35 bits per heavy atom. The average Bonchev–Trinajstić information content (AvgIpc) is 2.95. The molecule has 0 spiro atoms. The van der Waals surface area contributed by atoms with Gasteiger partial charge in [-0.1, -0.05) is 5.16 Å². The number of aryl methyl sites for hydroxylation is 1. The molecule has 3 rings (SSSR count). The van der Waals surface area contributed by atoms with Crippen molar-refractivity contribution >= 4 is 0 Å². The van der Waals surface area contributed by atoms with E-state index in [0.29, 0.717) is 5.82 Å². The van der Waals surface area contributed by atoms with Crippen molar-refractivity contribution in [2.45, 2.75) is 31.8 Å². The molecule has 0 saturated carbocycles. The molecule has 112 valence electrons. The Kier molecular flexibility index (Phi) is 4.65. The van der Waals surface area contributed by atoms with Crippen molar-refractivity contribution in [2.24, 2.45) is 5.92 Å². The molecule has 0 aromatic carbocycles. The topological polar surface area (TPSA) is 63.4 Å². The highest BCUT2D eigenvalue weighted by molar-refractivity contribution is 4.94. The van der Waals surface area contributed by atoms with E-state index in [1.54, 1.807) is 0 Å². The molecule has 1 N–H and O–H groups in total. The molecule has 2 saturated heterocycles. The number of morpholine rings is 1. The smallest absolute Gasteiger partial charge is 0.226 e. The Labute approximate surface area is 119 Å². The van der Waals surface area contributed by atoms with Gasteiger partial charge in [-0.15, -0.1) is 0 Å². The number of likely N-dealkylation sites (N-methyl/N-ethyl adjacent to an activating group) is 1. The number of ether oxygens (including phenoxy) is 1. The highest BCUT2D eigenvalue weighted by Gasteiger charge is 2.24. The maximum absolute atomic E-state index is 5.71. The molecule has 6 nitrogen and oxygen atoms in total. The van der Waals surface area contributed by atoms with Crippen LogP contribution in [0.1, 0.15) is 37.1 Å². The molecule has 1 atom stereocenters. The predicted octanol–water partition coefficient (Wildman–Crippen LogP) is 1.00. The van der Waals surface area contributed by atoms with Crippen LogP contribution >= 0.6 is 0 Å². The summed E-state index contributed by atoms with van der Waals surface area (Å²) in [6.45, 7) is 4.83. The van der Waals surface area contributed by atoms with E-state index in [9.17, 15) is 0 Å². The van der Waals surface area contributed by atoms with E-state index in [1.807, 2.05) is 0 Å². The monoisotopic (exact) mass is 280 g/mol. The molecule has 2 aliphatic heterocycles. The van der Waals surface area contributed by atoms with Gasteiger partial charge < -0.3 is 19.5 Å². The summed E-state index contributed by atoms with van der Waals surface area (Å²) in [5.74, 6) is 2.26. The summed E-state index contributed by atoms with van der Waals surface area (Å²) in [4.78, 5) is 6.74.